The van der Waals surface area contributed by atoms with Crippen molar-refractivity contribution < 1.29 is 9.84 Å². The lowest BCUT2D eigenvalue weighted by atomic mass is 10.00. The van der Waals surface area contributed by atoms with Crippen LogP contribution in [-0.4, -0.2) is 30.9 Å². The minimum atomic E-state index is -0.544. The maximum absolute atomic E-state index is 10.1. The largest absolute Gasteiger partial charge is 0.387 e. The molecule has 1 aliphatic heterocycles. The first-order valence-electron chi connectivity index (χ1n) is 6.70. The van der Waals surface area contributed by atoms with Gasteiger partial charge in [0.1, 0.15) is 0 Å². The van der Waals surface area contributed by atoms with E-state index in [0.29, 0.717) is 24.1 Å². The number of nitriles is 1. The molecule has 2 N–H and O–H groups in total. The Morgan fingerprint density at radius 2 is 2.21 bits per heavy atom. The maximum Gasteiger partial charge on any atom is 0.0991 e. The number of rotatable bonds is 5. The molecular weight excluding hydrogens is 240 g/mol. The summed E-state index contributed by atoms with van der Waals surface area (Å²) in [7, 11) is 0. The van der Waals surface area contributed by atoms with Crippen LogP contribution in [0.25, 0.3) is 0 Å². The highest BCUT2D eigenvalue weighted by molar-refractivity contribution is 5.32. The second-order valence-corrected chi connectivity index (χ2v) is 5.07. The van der Waals surface area contributed by atoms with E-state index in [0.717, 1.165) is 25.2 Å². The van der Waals surface area contributed by atoms with E-state index in [-0.39, 0.29) is 0 Å². The predicted molar refractivity (Wildman–Crippen MR) is 72.5 cm³/mol. The Kier molecular flexibility index (Phi) is 4.92. The van der Waals surface area contributed by atoms with Crippen molar-refractivity contribution in [1.29, 1.82) is 5.26 Å². The number of benzene rings is 1. The molecule has 4 heteroatoms. The van der Waals surface area contributed by atoms with Gasteiger partial charge in [0, 0.05) is 19.2 Å². The zero-order valence-electron chi connectivity index (χ0n) is 11.2. The molecule has 0 radical (unpaired) electrons. The summed E-state index contributed by atoms with van der Waals surface area (Å²) in [5, 5.41) is 22.2. The Hall–Kier alpha value is -1.41. The fourth-order valence-corrected chi connectivity index (χ4v) is 2.31. The van der Waals surface area contributed by atoms with Crippen LogP contribution in [0.2, 0.25) is 0 Å². The van der Waals surface area contributed by atoms with Gasteiger partial charge in [0.05, 0.1) is 24.3 Å². The second-order valence-electron chi connectivity index (χ2n) is 5.07. The summed E-state index contributed by atoms with van der Waals surface area (Å²) in [4.78, 5) is 0. The molecule has 1 saturated heterocycles. The molecular formula is C15H20N2O2. The Balaban J connectivity index is 1.82. The van der Waals surface area contributed by atoms with Gasteiger partial charge in [-0.15, -0.1) is 0 Å². The summed E-state index contributed by atoms with van der Waals surface area (Å²) in [5.74, 6) is 0.535. The molecule has 19 heavy (non-hydrogen) atoms. The highest BCUT2D eigenvalue weighted by Gasteiger charge is 2.22. The van der Waals surface area contributed by atoms with Gasteiger partial charge in [-0.3, -0.25) is 0 Å². The van der Waals surface area contributed by atoms with E-state index in [1.807, 2.05) is 0 Å². The van der Waals surface area contributed by atoms with Gasteiger partial charge in [0.15, 0.2) is 0 Å². The molecule has 1 aliphatic rings. The molecule has 0 bridgehead atoms. The first kappa shape index (κ1) is 14.0. The number of nitrogens with zero attached hydrogens (tertiary/aromatic N) is 1. The zero-order chi connectivity index (χ0) is 13.7. The average Bonchev–Trinajstić information content (AvgIpc) is 2.98. The van der Waals surface area contributed by atoms with Gasteiger partial charge in [-0.05, 0) is 37.0 Å². The van der Waals surface area contributed by atoms with Crippen molar-refractivity contribution in [3.8, 4) is 6.07 Å². The van der Waals surface area contributed by atoms with Gasteiger partial charge >= 0.3 is 0 Å². The lowest BCUT2D eigenvalue weighted by Crippen LogP contribution is -2.36. The van der Waals surface area contributed by atoms with E-state index in [4.69, 9.17) is 10.00 Å². The van der Waals surface area contributed by atoms with Crippen LogP contribution >= 0.6 is 0 Å². The van der Waals surface area contributed by atoms with Gasteiger partial charge in [-0.1, -0.05) is 12.1 Å². The fourth-order valence-electron chi connectivity index (χ4n) is 2.31. The quantitative estimate of drug-likeness (QED) is 0.844. The van der Waals surface area contributed by atoms with Crippen LogP contribution in [0.4, 0.5) is 0 Å². The molecule has 0 saturated carbocycles. The molecule has 4 nitrogen and oxygen atoms in total. The third-order valence-corrected chi connectivity index (χ3v) is 3.73. The predicted octanol–water partition coefficient (Wildman–Crippen LogP) is 1.61. The summed E-state index contributed by atoms with van der Waals surface area (Å²) < 4.78 is 5.36. The monoisotopic (exact) mass is 260 g/mol. The third kappa shape index (κ3) is 3.77. The van der Waals surface area contributed by atoms with Crippen LogP contribution in [0.15, 0.2) is 24.3 Å². The van der Waals surface area contributed by atoms with Crippen LogP contribution in [-0.2, 0) is 4.74 Å². The van der Waals surface area contributed by atoms with E-state index in [1.54, 1.807) is 24.3 Å². The van der Waals surface area contributed by atoms with E-state index in [1.165, 1.54) is 0 Å². The van der Waals surface area contributed by atoms with Gasteiger partial charge in [-0.25, -0.2) is 0 Å². The Morgan fingerprint density at radius 1 is 1.47 bits per heavy atom. The summed E-state index contributed by atoms with van der Waals surface area (Å²) >= 11 is 0. The molecule has 0 amide bonds. The summed E-state index contributed by atoms with van der Waals surface area (Å²) in [6.07, 6.45) is 0.540. The Labute approximate surface area is 114 Å². The first-order chi connectivity index (χ1) is 9.20. The number of aliphatic hydroxyl groups is 1. The second kappa shape index (κ2) is 6.67. The van der Waals surface area contributed by atoms with Crippen LogP contribution in [0, 0.1) is 17.2 Å². The summed E-state index contributed by atoms with van der Waals surface area (Å²) in [6.45, 7) is 4.30. The molecule has 1 heterocycles. The fraction of sp³-hybridized carbons (Fsp3) is 0.533. The van der Waals surface area contributed by atoms with Crippen molar-refractivity contribution >= 4 is 0 Å². The number of ether oxygens (including phenoxy) is 1. The van der Waals surface area contributed by atoms with Crippen molar-refractivity contribution in [1.82, 2.24) is 5.32 Å². The Bertz CT molecular complexity index is 432. The first-order valence-corrected chi connectivity index (χ1v) is 6.70. The van der Waals surface area contributed by atoms with Gasteiger partial charge in [0.2, 0.25) is 0 Å². The number of nitrogens with one attached hydrogen (secondary N) is 1. The smallest absolute Gasteiger partial charge is 0.0991 e. The van der Waals surface area contributed by atoms with Crippen molar-refractivity contribution in [2.75, 3.05) is 19.8 Å². The average molecular weight is 260 g/mol. The van der Waals surface area contributed by atoms with Crippen molar-refractivity contribution in [3.63, 3.8) is 0 Å². The summed E-state index contributed by atoms with van der Waals surface area (Å²) in [5.41, 5.74) is 1.45. The molecule has 3 atom stereocenters. The van der Waals surface area contributed by atoms with Crippen molar-refractivity contribution in [3.05, 3.63) is 35.4 Å². The minimum Gasteiger partial charge on any atom is -0.387 e. The van der Waals surface area contributed by atoms with Gasteiger partial charge in [-0.2, -0.15) is 5.26 Å². The van der Waals surface area contributed by atoms with Gasteiger partial charge in [0.25, 0.3) is 0 Å². The van der Waals surface area contributed by atoms with E-state index in [2.05, 4.69) is 18.3 Å². The molecule has 1 aromatic rings. The molecule has 1 fully saturated rings. The number of hydrogen-bond donors (Lipinski definition) is 2. The number of aliphatic hydroxyl groups excluding tert-OH is 1. The van der Waals surface area contributed by atoms with Gasteiger partial charge < -0.3 is 15.2 Å². The van der Waals surface area contributed by atoms with E-state index in [9.17, 15) is 5.11 Å². The normalized spacial score (nSPS) is 21.8. The highest BCUT2D eigenvalue weighted by Crippen LogP contribution is 2.18. The lowest BCUT2D eigenvalue weighted by molar-refractivity contribution is 0.156. The lowest BCUT2D eigenvalue weighted by Gasteiger charge is -2.21. The molecule has 3 unspecified atom stereocenters. The molecule has 2 rings (SSSR count). The zero-order valence-corrected chi connectivity index (χ0v) is 11.2. The minimum absolute atomic E-state index is 0.343. The highest BCUT2D eigenvalue weighted by atomic mass is 16.5. The van der Waals surface area contributed by atoms with Crippen molar-refractivity contribution in [2.24, 2.45) is 5.92 Å². The van der Waals surface area contributed by atoms with E-state index < -0.39 is 6.10 Å². The molecule has 102 valence electrons. The Morgan fingerprint density at radius 3 is 2.79 bits per heavy atom. The molecule has 1 aromatic carbocycles. The van der Waals surface area contributed by atoms with Crippen LogP contribution < -0.4 is 5.32 Å². The van der Waals surface area contributed by atoms with Crippen LogP contribution in [0.3, 0.4) is 0 Å². The maximum atomic E-state index is 10.1. The number of hydrogen-bond acceptors (Lipinski definition) is 4. The molecule has 0 aromatic heterocycles. The van der Waals surface area contributed by atoms with Crippen molar-refractivity contribution in [2.45, 2.75) is 25.5 Å². The van der Waals surface area contributed by atoms with Crippen LogP contribution in [0.5, 0.6) is 0 Å². The topological polar surface area (TPSA) is 65.3 Å². The standard InChI is InChI=1S/C15H20N2O2/c1-11(14-6-7-19-10-14)17-9-15(18)13-4-2-12(8-16)3-5-13/h2-5,11,14-15,17-18H,6-7,9-10H2,1H3. The van der Waals surface area contributed by atoms with Crippen LogP contribution in [0.1, 0.15) is 30.6 Å². The molecule has 0 spiro atoms. The SMILES string of the molecule is CC(NCC(O)c1ccc(C#N)cc1)C1CCOC1. The molecule has 0 aliphatic carbocycles. The summed E-state index contributed by atoms with van der Waals surface area (Å²) in [6, 6.07) is 9.47. The van der Waals surface area contributed by atoms with E-state index >= 15 is 0 Å². The third-order valence-electron chi connectivity index (χ3n) is 3.73.